The minimum atomic E-state index is -3.31. The summed E-state index contributed by atoms with van der Waals surface area (Å²) in [6.45, 7) is 15.3. The number of piperazine rings is 1. The lowest BCUT2D eigenvalue weighted by Gasteiger charge is -2.35. The number of sulfonamides is 1. The van der Waals surface area contributed by atoms with Crippen molar-refractivity contribution in [2.45, 2.75) is 59.6 Å². The first kappa shape index (κ1) is 28.1. The maximum atomic E-state index is 12.5. The van der Waals surface area contributed by atoms with Crippen LogP contribution in [0.3, 0.4) is 0 Å². The van der Waals surface area contributed by atoms with Gasteiger partial charge in [-0.3, -0.25) is 0 Å². The molecule has 0 unspecified atom stereocenters. The third kappa shape index (κ3) is 8.85. The van der Waals surface area contributed by atoms with Gasteiger partial charge in [0, 0.05) is 38.1 Å². The average Bonchev–Trinajstić information content (AvgIpc) is 3.14. The van der Waals surface area contributed by atoms with Crippen LogP contribution in [0.25, 0.3) is 0 Å². The third-order valence-corrected chi connectivity index (χ3v) is 6.55. The van der Waals surface area contributed by atoms with Crippen molar-refractivity contribution in [1.82, 2.24) is 19.5 Å². The zero-order valence-corrected chi connectivity index (χ0v) is 22.7. The van der Waals surface area contributed by atoms with Gasteiger partial charge in [0.15, 0.2) is 5.96 Å². The van der Waals surface area contributed by atoms with E-state index in [-0.39, 0.29) is 47.9 Å². The molecule has 0 atom stereocenters. The summed E-state index contributed by atoms with van der Waals surface area (Å²) in [5.74, 6) is 2.16. The van der Waals surface area contributed by atoms with Crippen molar-refractivity contribution in [2.75, 3.05) is 45.1 Å². The van der Waals surface area contributed by atoms with Crippen molar-refractivity contribution in [3.05, 3.63) is 17.8 Å². The molecule has 2 heterocycles. The molecule has 1 fully saturated rings. The minimum absolute atomic E-state index is 0. The summed E-state index contributed by atoms with van der Waals surface area (Å²) >= 11 is 0. The highest BCUT2D eigenvalue weighted by atomic mass is 127. The zero-order valence-electron chi connectivity index (χ0n) is 19.5. The van der Waals surface area contributed by atoms with E-state index in [1.807, 2.05) is 20.8 Å². The first-order valence-electron chi connectivity index (χ1n) is 10.6. The number of nitrogens with zero attached hydrogens (tertiary/aromatic N) is 4. The van der Waals surface area contributed by atoms with Crippen LogP contribution in [0.1, 0.15) is 53.2 Å². The van der Waals surface area contributed by atoms with Gasteiger partial charge in [-0.1, -0.05) is 20.8 Å². The number of hydrogen-bond donors (Lipinski definition) is 1. The fraction of sp³-hybridized carbons (Fsp3) is 0.800. The maximum absolute atomic E-state index is 12.5. The molecule has 0 aromatic carbocycles. The van der Waals surface area contributed by atoms with Gasteiger partial charge in [0.1, 0.15) is 12.3 Å². The second-order valence-electron chi connectivity index (χ2n) is 8.66. The molecule has 0 aliphatic carbocycles. The van der Waals surface area contributed by atoms with Crippen molar-refractivity contribution >= 4 is 40.0 Å². The molecule has 1 aromatic rings. The third-order valence-electron chi connectivity index (χ3n) is 4.72. The van der Waals surface area contributed by atoms with Gasteiger partial charge in [0.25, 0.3) is 0 Å². The van der Waals surface area contributed by atoms with Gasteiger partial charge in [-0.15, -0.1) is 24.0 Å². The van der Waals surface area contributed by atoms with Gasteiger partial charge in [-0.2, -0.15) is 4.31 Å². The number of hydrogen-bond acceptors (Lipinski definition) is 6. The van der Waals surface area contributed by atoms with Gasteiger partial charge in [0.05, 0.1) is 24.7 Å². The van der Waals surface area contributed by atoms with Crippen LogP contribution < -0.4 is 5.32 Å². The molecule has 0 spiro atoms. The summed E-state index contributed by atoms with van der Waals surface area (Å²) in [5, 5.41) is 3.28. The molecule has 1 aliphatic rings. The van der Waals surface area contributed by atoms with E-state index in [1.54, 1.807) is 10.5 Å². The number of rotatable bonds is 8. The molecular formula is C20H38IN5O4S. The summed E-state index contributed by atoms with van der Waals surface area (Å²) in [7, 11) is -3.31. The second-order valence-corrected chi connectivity index (χ2v) is 10.7. The highest BCUT2D eigenvalue weighted by Crippen LogP contribution is 2.22. The Bertz CT molecular complexity index is 797. The lowest BCUT2D eigenvalue weighted by Crippen LogP contribution is -2.54. The Balaban J connectivity index is 0.00000480. The Morgan fingerprint density at radius 1 is 1.29 bits per heavy atom. The zero-order chi connectivity index (χ0) is 22.4. The topological polar surface area (TPSA) is 100 Å². The molecule has 9 nitrogen and oxygen atoms in total. The van der Waals surface area contributed by atoms with E-state index < -0.39 is 10.0 Å². The lowest BCUT2D eigenvalue weighted by atomic mass is 9.94. The van der Waals surface area contributed by atoms with Crippen molar-refractivity contribution in [2.24, 2.45) is 4.99 Å². The van der Waals surface area contributed by atoms with Crippen LogP contribution >= 0.6 is 24.0 Å². The molecule has 0 saturated carbocycles. The summed E-state index contributed by atoms with van der Waals surface area (Å²) in [6, 6.07) is 0. The van der Waals surface area contributed by atoms with E-state index >= 15 is 0 Å². The Morgan fingerprint density at radius 3 is 2.45 bits per heavy atom. The molecule has 31 heavy (non-hydrogen) atoms. The number of aromatic nitrogens is 1. The van der Waals surface area contributed by atoms with Crippen LogP contribution in [0.5, 0.6) is 0 Å². The van der Waals surface area contributed by atoms with Crippen molar-refractivity contribution in [3.63, 3.8) is 0 Å². The van der Waals surface area contributed by atoms with Gasteiger partial charge in [-0.25, -0.2) is 18.4 Å². The Kier molecular flexibility index (Phi) is 11.2. The molecule has 1 aliphatic heterocycles. The van der Waals surface area contributed by atoms with Crippen molar-refractivity contribution < 1.29 is 17.6 Å². The van der Waals surface area contributed by atoms with Gasteiger partial charge < -0.3 is 19.4 Å². The smallest absolute Gasteiger partial charge is 0.216 e. The monoisotopic (exact) mass is 571 g/mol. The Hall–Kier alpha value is -0.920. The average molecular weight is 572 g/mol. The summed E-state index contributed by atoms with van der Waals surface area (Å²) in [6.07, 6.45) is 1.78. The van der Waals surface area contributed by atoms with Crippen LogP contribution in [0.4, 0.5) is 0 Å². The molecule has 180 valence electrons. The molecule has 1 saturated heterocycles. The first-order chi connectivity index (χ1) is 14.0. The predicted molar refractivity (Wildman–Crippen MR) is 133 cm³/mol. The van der Waals surface area contributed by atoms with Gasteiger partial charge in [-0.05, 0) is 20.8 Å². The molecule has 0 radical (unpaired) electrons. The molecule has 1 aromatic heterocycles. The molecular weight excluding hydrogens is 533 g/mol. The molecule has 2 rings (SSSR count). The number of ether oxygens (including phenoxy) is 1. The fourth-order valence-corrected chi connectivity index (χ4v) is 4.28. The van der Waals surface area contributed by atoms with Crippen LogP contribution in [-0.2, 0) is 26.7 Å². The molecule has 0 amide bonds. The number of guanidine groups is 1. The number of aliphatic imine (C=N–C) groups is 1. The van der Waals surface area contributed by atoms with E-state index in [4.69, 9.17) is 9.15 Å². The van der Waals surface area contributed by atoms with E-state index in [0.29, 0.717) is 38.6 Å². The second kappa shape index (κ2) is 12.4. The fourth-order valence-electron chi connectivity index (χ4n) is 2.99. The highest BCUT2D eigenvalue weighted by molar-refractivity contribution is 14.0. The lowest BCUT2D eigenvalue weighted by molar-refractivity contribution is 0.0904. The summed E-state index contributed by atoms with van der Waals surface area (Å²) in [5.41, 5.74) is -0.0957. The van der Waals surface area contributed by atoms with Gasteiger partial charge >= 0.3 is 0 Å². The van der Waals surface area contributed by atoms with E-state index in [2.05, 4.69) is 41.0 Å². The van der Waals surface area contributed by atoms with Gasteiger partial charge in [0.2, 0.25) is 15.9 Å². The van der Waals surface area contributed by atoms with E-state index in [0.717, 1.165) is 18.3 Å². The largest absolute Gasteiger partial charge is 0.443 e. The maximum Gasteiger partial charge on any atom is 0.216 e. The Morgan fingerprint density at radius 2 is 1.94 bits per heavy atom. The van der Waals surface area contributed by atoms with Crippen molar-refractivity contribution in [1.29, 1.82) is 0 Å². The SMILES string of the molecule is CCNC(=NCc1ncc(C(C)(C)C)o1)N1CCN(S(=O)(=O)CCOC(C)C)CC1.I. The molecule has 1 N–H and O–H groups in total. The van der Waals surface area contributed by atoms with Crippen LogP contribution in [-0.4, -0.2) is 79.8 Å². The summed E-state index contributed by atoms with van der Waals surface area (Å²) in [4.78, 5) is 11.0. The van der Waals surface area contributed by atoms with E-state index in [1.165, 1.54) is 0 Å². The normalized spacial score (nSPS) is 16.5. The number of halogens is 1. The number of nitrogens with one attached hydrogen (secondary N) is 1. The van der Waals surface area contributed by atoms with Crippen LogP contribution in [0.2, 0.25) is 0 Å². The number of oxazole rings is 1. The Labute approximate surface area is 204 Å². The highest BCUT2D eigenvalue weighted by Gasteiger charge is 2.28. The molecule has 0 bridgehead atoms. The van der Waals surface area contributed by atoms with Crippen LogP contribution in [0, 0.1) is 0 Å². The minimum Gasteiger partial charge on any atom is -0.443 e. The predicted octanol–water partition coefficient (Wildman–Crippen LogP) is 2.43. The summed E-state index contributed by atoms with van der Waals surface area (Å²) < 4.78 is 37.8. The standard InChI is InChI=1S/C20H37N5O4S.HI/c1-7-21-19(23-15-18-22-14-17(29-18)20(4,5)6)24-8-10-25(11-9-24)30(26,27)13-12-28-16(2)3;/h14,16H,7-13,15H2,1-6H3,(H,21,23);1H. The van der Waals surface area contributed by atoms with Crippen LogP contribution in [0.15, 0.2) is 15.6 Å². The molecule has 11 heteroatoms. The van der Waals surface area contributed by atoms with Crippen molar-refractivity contribution in [3.8, 4) is 0 Å². The quantitative estimate of drug-likeness (QED) is 0.291. The van der Waals surface area contributed by atoms with E-state index in [9.17, 15) is 8.42 Å². The first-order valence-corrected chi connectivity index (χ1v) is 12.2.